The van der Waals surface area contributed by atoms with Crippen molar-refractivity contribution >= 4 is 28.0 Å². The van der Waals surface area contributed by atoms with Gasteiger partial charge in [-0.05, 0) is 43.5 Å². The van der Waals surface area contributed by atoms with Gasteiger partial charge in [0.2, 0.25) is 5.95 Å². The van der Waals surface area contributed by atoms with Crippen LogP contribution in [0.3, 0.4) is 0 Å². The second-order valence-corrected chi connectivity index (χ2v) is 8.36. The van der Waals surface area contributed by atoms with Gasteiger partial charge in [0.05, 0.1) is 12.7 Å². The molecule has 1 unspecified atom stereocenters. The number of anilines is 3. The molecule has 1 aliphatic heterocycles. The van der Waals surface area contributed by atoms with Crippen molar-refractivity contribution in [3.8, 4) is 16.9 Å². The zero-order chi connectivity index (χ0) is 22.3. The van der Waals surface area contributed by atoms with Crippen molar-refractivity contribution in [2.45, 2.75) is 30.8 Å². The van der Waals surface area contributed by atoms with Gasteiger partial charge in [-0.25, -0.2) is 4.98 Å². The summed E-state index contributed by atoms with van der Waals surface area (Å²) in [6, 6.07) is 14.7. The third-order valence-electron chi connectivity index (χ3n) is 5.09. The molecule has 1 aromatic heterocycles. The van der Waals surface area contributed by atoms with Crippen molar-refractivity contribution in [3.05, 3.63) is 54.7 Å². The number of hydrogen-bond donors (Lipinski definition) is 3. The van der Waals surface area contributed by atoms with E-state index in [1.807, 2.05) is 37.3 Å². The number of aromatic nitrogens is 2. The van der Waals surface area contributed by atoms with Crippen LogP contribution in [0.5, 0.6) is 5.75 Å². The third kappa shape index (κ3) is 5.54. The number of benzene rings is 2. The van der Waals surface area contributed by atoms with E-state index in [9.17, 15) is 4.21 Å². The van der Waals surface area contributed by atoms with Gasteiger partial charge in [-0.15, -0.1) is 0 Å². The van der Waals surface area contributed by atoms with E-state index in [1.54, 1.807) is 24.4 Å². The molecule has 0 bridgehead atoms. The molecule has 1 fully saturated rings. The molecule has 1 atom stereocenters. The van der Waals surface area contributed by atoms with Crippen molar-refractivity contribution in [1.29, 1.82) is 4.78 Å². The van der Waals surface area contributed by atoms with Gasteiger partial charge in [-0.3, -0.25) is 0 Å². The topological polar surface area (TPSA) is 109 Å². The lowest BCUT2D eigenvalue weighted by molar-refractivity contribution is 0.120. The van der Waals surface area contributed by atoms with Gasteiger partial charge in [0.25, 0.3) is 0 Å². The van der Waals surface area contributed by atoms with Crippen molar-refractivity contribution < 1.29 is 13.7 Å². The first kappa shape index (κ1) is 22.0. The first-order valence-corrected chi connectivity index (χ1v) is 11.7. The van der Waals surface area contributed by atoms with Crippen molar-refractivity contribution in [1.82, 2.24) is 9.97 Å². The third-order valence-corrected chi connectivity index (χ3v) is 5.77. The highest BCUT2D eigenvalue weighted by Gasteiger charge is 2.17. The van der Waals surface area contributed by atoms with Crippen LogP contribution in [0.2, 0.25) is 0 Å². The highest BCUT2D eigenvalue weighted by Crippen LogP contribution is 2.29. The van der Waals surface area contributed by atoms with E-state index in [2.05, 4.69) is 15.6 Å². The maximum absolute atomic E-state index is 11.5. The molecule has 0 aliphatic carbocycles. The summed E-state index contributed by atoms with van der Waals surface area (Å²) in [6.07, 6.45) is 4.04. The summed E-state index contributed by atoms with van der Waals surface area (Å²) in [5, 5.41) is 6.56. The molecule has 4 rings (SSSR count). The van der Waals surface area contributed by atoms with Crippen LogP contribution in [0.25, 0.3) is 11.1 Å². The highest BCUT2D eigenvalue weighted by molar-refractivity contribution is 7.73. The standard InChI is InChI=1S/C23H26N5O3S/c1-2-30-18-10-8-16(9-11-18)21-15-26-23(27-17-5-3-7-20(13-17)32(24)29)28-22(21)25-14-19-6-4-12-31-19/h3,5,7-11,13,15,19,24H,2,4,6,12,14H2,1H3,(H2,25,26,27,28)/q-1. The molecule has 0 amide bonds. The van der Waals surface area contributed by atoms with E-state index >= 15 is 0 Å². The Balaban J connectivity index is 1.61. The SMILES string of the molecule is CCOc1ccc(-c2cnc(Nc3cccc([S-](=N)=O)c3)nc2NCC2CCCO2)cc1. The quantitative estimate of drug-likeness (QED) is 0.394. The summed E-state index contributed by atoms with van der Waals surface area (Å²) in [5.74, 6) is 1.92. The fourth-order valence-electron chi connectivity index (χ4n) is 3.52. The summed E-state index contributed by atoms with van der Waals surface area (Å²) in [7, 11) is -1.81. The summed E-state index contributed by atoms with van der Waals surface area (Å²) < 4.78 is 30.2. The molecule has 32 heavy (non-hydrogen) atoms. The number of nitrogens with one attached hydrogen (secondary N) is 3. The Hall–Kier alpha value is -3.17. The van der Waals surface area contributed by atoms with E-state index in [0.29, 0.717) is 35.5 Å². The smallest absolute Gasteiger partial charge is 0.229 e. The minimum absolute atomic E-state index is 0.165. The highest BCUT2D eigenvalue weighted by atomic mass is 32.2. The molecular formula is C23H26N5O3S-. The van der Waals surface area contributed by atoms with Crippen LogP contribution >= 0.6 is 0 Å². The lowest BCUT2D eigenvalue weighted by atomic mass is 10.1. The Kier molecular flexibility index (Phi) is 7.18. The second kappa shape index (κ2) is 10.4. The molecule has 0 radical (unpaired) electrons. The predicted octanol–water partition coefficient (Wildman–Crippen LogP) is 4.96. The van der Waals surface area contributed by atoms with Gasteiger partial charge in [-0.1, -0.05) is 35.2 Å². The summed E-state index contributed by atoms with van der Waals surface area (Å²) in [6.45, 7) is 4.03. The molecule has 2 heterocycles. The second-order valence-electron chi connectivity index (χ2n) is 7.35. The molecular weight excluding hydrogens is 426 g/mol. The van der Waals surface area contributed by atoms with Gasteiger partial charge in [0.1, 0.15) is 11.6 Å². The molecule has 3 N–H and O–H groups in total. The largest absolute Gasteiger partial charge is 0.494 e. The molecule has 8 nitrogen and oxygen atoms in total. The lowest BCUT2D eigenvalue weighted by Gasteiger charge is -2.16. The molecule has 2 aromatic carbocycles. The van der Waals surface area contributed by atoms with Gasteiger partial charge in [-0.2, -0.15) is 15.6 Å². The first-order valence-electron chi connectivity index (χ1n) is 10.6. The molecule has 0 spiro atoms. The molecule has 1 aliphatic rings. The van der Waals surface area contributed by atoms with Gasteiger partial charge < -0.3 is 29.1 Å². The normalized spacial score (nSPS) is 15.6. The van der Waals surface area contributed by atoms with Gasteiger partial charge in [0.15, 0.2) is 0 Å². The van der Waals surface area contributed by atoms with Crippen LogP contribution in [0.4, 0.5) is 17.5 Å². The summed E-state index contributed by atoms with van der Waals surface area (Å²) >= 11 is 0. The Labute approximate surface area is 189 Å². The number of rotatable bonds is 9. The zero-order valence-electron chi connectivity index (χ0n) is 17.8. The van der Waals surface area contributed by atoms with E-state index in [1.165, 1.54) is 0 Å². The van der Waals surface area contributed by atoms with Gasteiger partial charge >= 0.3 is 0 Å². The monoisotopic (exact) mass is 452 g/mol. The number of hydrogen-bond acceptors (Lipinski definition) is 9. The Morgan fingerprint density at radius 3 is 2.81 bits per heavy atom. The van der Waals surface area contributed by atoms with Crippen LogP contribution in [0.15, 0.2) is 59.6 Å². The maximum atomic E-state index is 11.5. The molecule has 9 heteroatoms. The van der Waals surface area contributed by atoms with Crippen molar-refractivity contribution in [2.75, 3.05) is 30.4 Å². The fourth-order valence-corrected chi connectivity index (χ4v) is 3.96. The molecule has 1 saturated heterocycles. The predicted molar refractivity (Wildman–Crippen MR) is 125 cm³/mol. The lowest BCUT2D eigenvalue weighted by Crippen LogP contribution is -2.19. The van der Waals surface area contributed by atoms with Crippen LogP contribution < -0.4 is 15.4 Å². The van der Waals surface area contributed by atoms with E-state index in [0.717, 1.165) is 36.3 Å². The number of nitrogens with zero attached hydrogens (tertiary/aromatic N) is 2. The van der Waals surface area contributed by atoms with E-state index < -0.39 is 10.6 Å². The Bertz CT molecular complexity index is 1120. The first-order chi connectivity index (χ1) is 15.6. The van der Waals surface area contributed by atoms with Crippen LogP contribution in [0.1, 0.15) is 19.8 Å². The minimum Gasteiger partial charge on any atom is -0.494 e. The van der Waals surface area contributed by atoms with Crippen molar-refractivity contribution in [2.24, 2.45) is 0 Å². The van der Waals surface area contributed by atoms with E-state index in [4.69, 9.17) is 19.2 Å². The number of ether oxygens (including phenoxy) is 2. The maximum Gasteiger partial charge on any atom is 0.229 e. The molecule has 3 aromatic rings. The average Bonchev–Trinajstić information content (AvgIpc) is 3.33. The Morgan fingerprint density at radius 1 is 1.25 bits per heavy atom. The Morgan fingerprint density at radius 2 is 2.09 bits per heavy atom. The van der Waals surface area contributed by atoms with Crippen LogP contribution in [-0.2, 0) is 19.5 Å². The van der Waals surface area contributed by atoms with E-state index in [-0.39, 0.29) is 6.10 Å². The summed E-state index contributed by atoms with van der Waals surface area (Å²) in [5.41, 5.74) is 2.51. The fraction of sp³-hybridized carbons (Fsp3) is 0.304. The van der Waals surface area contributed by atoms with Crippen LogP contribution in [-0.4, -0.2) is 35.8 Å². The summed E-state index contributed by atoms with van der Waals surface area (Å²) in [4.78, 5) is 9.59. The molecule has 168 valence electrons. The average molecular weight is 453 g/mol. The van der Waals surface area contributed by atoms with Crippen molar-refractivity contribution in [3.63, 3.8) is 0 Å². The molecule has 0 saturated carbocycles. The zero-order valence-corrected chi connectivity index (χ0v) is 18.7. The minimum atomic E-state index is -1.81. The van der Waals surface area contributed by atoms with Gasteiger partial charge in [0, 0.05) is 30.6 Å². The van der Waals surface area contributed by atoms with Crippen LogP contribution in [0, 0.1) is 4.78 Å².